The fourth-order valence-corrected chi connectivity index (χ4v) is 4.82. The van der Waals surface area contributed by atoms with E-state index in [4.69, 9.17) is 5.11 Å². The Labute approximate surface area is 127 Å². The van der Waals surface area contributed by atoms with Crippen molar-refractivity contribution in [1.29, 1.82) is 0 Å². The van der Waals surface area contributed by atoms with Crippen molar-refractivity contribution in [3.05, 3.63) is 44.8 Å². The summed E-state index contributed by atoms with van der Waals surface area (Å²) in [5.41, 5.74) is 0.709. The maximum absolute atomic E-state index is 12.1. The van der Waals surface area contributed by atoms with Gasteiger partial charge in [0.1, 0.15) is 9.77 Å². The number of halogens is 1. The Bertz CT molecular complexity index is 728. The number of nitrogens with one attached hydrogen (secondary N) is 1. The summed E-state index contributed by atoms with van der Waals surface area (Å²) in [5.74, 6) is -1.16. The highest BCUT2D eigenvalue weighted by molar-refractivity contribution is 9.11. The Hall–Kier alpha value is -1.29. The fraction of sp³-hybridized carbons (Fsp3) is 0.0909. The van der Waals surface area contributed by atoms with Gasteiger partial charge < -0.3 is 5.11 Å². The molecular formula is C11H9BrN2O4S2. The molecule has 0 bridgehead atoms. The van der Waals surface area contributed by atoms with E-state index in [1.807, 2.05) is 0 Å². The number of sulfonamides is 1. The van der Waals surface area contributed by atoms with Gasteiger partial charge in [-0.3, -0.25) is 4.98 Å². The molecule has 2 rings (SSSR count). The third kappa shape index (κ3) is 3.42. The largest absolute Gasteiger partial charge is 0.477 e. The van der Waals surface area contributed by atoms with Gasteiger partial charge in [0.25, 0.3) is 0 Å². The van der Waals surface area contributed by atoms with Crippen LogP contribution in [0, 0.1) is 0 Å². The summed E-state index contributed by atoms with van der Waals surface area (Å²) in [7, 11) is -3.78. The Kier molecular flexibility index (Phi) is 4.53. The van der Waals surface area contributed by atoms with Gasteiger partial charge in [-0.15, -0.1) is 11.3 Å². The third-order valence-electron chi connectivity index (χ3n) is 2.34. The van der Waals surface area contributed by atoms with Crippen molar-refractivity contribution in [2.45, 2.75) is 11.4 Å². The number of nitrogens with zero attached hydrogens (tertiary/aromatic N) is 1. The third-order valence-corrected chi connectivity index (χ3v) is 5.99. The fourth-order valence-electron chi connectivity index (χ4n) is 1.40. The van der Waals surface area contributed by atoms with Gasteiger partial charge in [0, 0.05) is 18.9 Å². The molecule has 0 spiro atoms. The van der Waals surface area contributed by atoms with Crippen molar-refractivity contribution in [1.82, 2.24) is 9.71 Å². The maximum atomic E-state index is 12.1. The minimum Gasteiger partial charge on any atom is -0.477 e. The molecule has 2 N–H and O–H groups in total. The molecule has 0 saturated heterocycles. The summed E-state index contributed by atoms with van der Waals surface area (Å²) in [6, 6.07) is 4.57. The van der Waals surface area contributed by atoms with E-state index in [0.717, 1.165) is 17.4 Å². The number of aromatic nitrogens is 1. The second-order valence-electron chi connectivity index (χ2n) is 3.74. The quantitative estimate of drug-likeness (QED) is 0.832. The van der Waals surface area contributed by atoms with Crippen molar-refractivity contribution < 1.29 is 18.3 Å². The van der Waals surface area contributed by atoms with Crippen LogP contribution in [0.3, 0.4) is 0 Å². The summed E-state index contributed by atoms with van der Waals surface area (Å²) in [4.78, 5) is 14.6. The number of rotatable bonds is 5. The van der Waals surface area contributed by atoms with Crippen LogP contribution >= 0.6 is 27.3 Å². The van der Waals surface area contributed by atoms with E-state index in [1.54, 1.807) is 24.5 Å². The van der Waals surface area contributed by atoms with E-state index in [0.29, 0.717) is 5.56 Å². The van der Waals surface area contributed by atoms with Crippen LogP contribution in [0.1, 0.15) is 15.2 Å². The summed E-state index contributed by atoms with van der Waals surface area (Å²) in [5, 5.41) is 8.86. The first-order valence-corrected chi connectivity index (χ1v) is 8.40. The molecule has 0 fully saturated rings. The van der Waals surface area contributed by atoms with Crippen molar-refractivity contribution in [3.8, 4) is 0 Å². The number of hydrogen-bond donors (Lipinski definition) is 2. The first kappa shape index (κ1) is 15.1. The van der Waals surface area contributed by atoms with Gasteiger partial charge in [0.2, 0.25) is 10.0 Å². The molecular weight excluding hydrogens is 368 g/mol. The number of thiophene rings is 1. The van der Waals surface area contributed by atoms with Crippen LogP contribution in [0.2, 0.25) is 0 Å². The molecule has 2 heterocycles. The maximum Gasteiger partial charge on any atom is 0.345 e. The summed E-state index contributed by atoms with van der Waals surface area (Å²) in [6.07, 6.45) is 3.14. The minimum atomic E-state index is -3.78. The van der Waals surface area contributed by atoms with Gasteiger partial charge >= 0.3 is 5.97 Å². The second kappa shape index (κ2) is 6.00. The van der Waals surface area contributed by atoms with E-state index < -0.39 is 16.0 Å². The van der Waals surface area contributed by atoms with Crippen molar-refractivity contribution in [3.63, 3.8) is 0 Å². The molecule has 0 aliphatic carbocycles. The summed E-state index contributed by atoms with van der Waals surface area (Å²) < 4.78 is 26.9. The van der Waals surface area contributed by atoms with Gasteiger partial charge in [0.15, 0.2) is 0 Å². The Morgan fingerprint density at radius 3 is 2.80 bits per heavy atom. The molecule has 106 valence electrons. The van der Waals surface area contributed by atoms with Crippen LogP contribution in [0.4, 0.5) is 0 Å². The molecule has 2 aromatic rings. The lowest BCUT2D eigenvalue weighted by atomic mass is 10.3. The molecule has 6 nitrogen and oxygen atoms in total. The average molecular weight is 377 g/mol. The lowest BCUT2D eigenvalue weighted by Gasteiger charge is -2.05. The lowest BCUT2D eigenvalue weighted by Crippen LogP contribution is -2.23. The van der Waals surface area contributed by atoms with Crippen LogP contribution in [0.15, 0.2) is 39.3 Å². The molecule has 0 radical (unpaired) electrons. The predicted octanol–water partition coefficient (Wildman–Crippen LogP) is 2.08. The Morgan fingerprint density at radius 2 is 2.25 bits per heavy atom. The zero-order chi connectivity index (χ0) is 14.8. The minimum absolute atomic E-state index is 0.0429. The smallest absolute Gasteiger partial charge is 0.345 e. The second-order valence-corrected chi connectivity index (χ2v) is 7.85. The molecule has 20 heavy (non-hydrogen) atoms. The van der Waals surface area contributed by atoms with Crippen molar-refractivity contribution in [2.24, 2.45) is 0 Å². The lowest BCUT2D eigenvalue weighted by molar-refractivity contribution is 0.0702. The van der Waals surface area contributed by atoms with Gasteiger partial charge in [-0.05, 0) is 33.6 Å². The molecule has 0 aliphatic heterocycles. The SMILES string of the molecule is O=C(O)c1cc(S(=O)(=O)NCc2cccnc2)c(Br)s1. The number of pyridine rings is 1. The number of carbonyl (C=O) groups is 1. The van der Waals surface area contributed by atoms with Gasteiger partial charge in [-0.25, -0.2) is 17.9 Å². The van der Waals surface area contributed by atoms with Crippen LogP contribution in [0.5, 0.6) is 0 Å². The zero-order valence-corrected chi connectivity index (χ0v) is 13.1. The monoisotopic (exact) mass is 376 g/mol. The van der Waals surface area contributed by atoms with Crippen molar-refractivity contribution in [2.75, 3.05) is 0 Å². The van der Waals surface area contributed by atoms with E-state index in [2.05, 4.69) is 25.6 Å². The molecule has 9 heteroatoms. The molecule has 0 amide bonds. The first-order chi connectivity index (χ1) is 9.40. The number of hydrogen-bond acceptors (Lipinski definition) is 5. The average Bonchev–Trinajstić information content (AvgIpc) is 2.81. The van der Waals surface area contributed by atoms with Crippen LogP contribution in [-0.2, 0) is 16.6 Å². The molecule has 0 atom stereocenters. The van der Waals surface area contributed by atoms with E-state index in [9.17, 15) is 13.2 Å². The molecule has 2 aromatic heterocycles. The molecule has 0 aromatic carbocycles. The highest BCUT2D eigenvalue weighted by Crippen LogP contribution is 2.31. The Balaban J connectivity index is 2.20. The van der Waals surface area contributed by atoms with Crippen LogP contribution in [0.25, 0.3) is 0 Å². The van der Waals surface area contributed by atoms with Crippen molar-refractivity contribution >= 4 is 43.3 Å². The number of carboxylic acids is 1. The standard InChI is InChI=1S/C11H9BrN2O4S2/c12-10-9(4-8(19-10)11(15)16)20(17,18)14-6-7-2-1-3-13-5-7/h1-5,14H,6H2,(H,15,16). The van der Waals surface area contributed by atoms with E-state index in [-0.39, 0.29) is 20.1 Å². The Morgan fingerprint density at radius 1 is 1.50 bits per heavy atom. The van der Waals surface area contributed by atoms with Gasteiger partial charge in [0.05, 0.1) is 3.79 Å². The molecule has 0 unspecified atom stereocenters. The van der Waals surface area contributed by atoms with E-state index >= 15 is 0 Å². The summed E-state index contributed by atoms with van der Waals surface area (Å²) >= 11 is 3.93. The molecule has 0 saturated carbocycles. The van der Waals surface area contributed by atoms with Crippen LogP contribution in [-0.4, -0.2) is 24.5 Å². The van der Waals surface area contributed by atoms with Gasteiger partial charge in [-0.1, -0.05) is 6.07 Å². The number of aromatic carboxylic acids is 1. The highest BCUT2D eigenvalue weighted by atomic mass is 79.9. The van der Waals surface area contributed by atoms with Crippen LogP contribution < -0.4 is 4.72 Å². The summed E-state index contributed by atoms with van der Waals surface area (Å²) in [6.45, 7) is 0.0842. The van der Waals surface area contributed by atoms with Gasteiger partial charge in [-0.2, -0.15) is 0 Å². The topological polar surface area (TPSA) is 96.4 Å². The highest BCUT2D eigenvalue weighted by Gasteiger charge is 2.22. The number of carboxylic acid groups (broad SMARTS) is 1. The molecule has 0 aliphatic rings. The normalized spacial score (nSPS) is 11.4. The predicted molar refractivity (Wildman–Crippen MR) is 77.2 cm³/mol. The van der Waals surface area contributed by atoms with E-state index in [1.165, 1.54) is 0 Å². The first-order valence-electron chi connectivity index (χ1n) is 5.31. The zero-order valence-electron chi connectivity index (χ0n) is 9.91.